The molecule has 3 heterocycles. The van der Waals surface area contributed by atoms with E-state index in [1.165, 1.54) is 24.3 Å². The van der Waals surface area contributed by atoms with Gasteiger partial charge in [-0.15, -0.1) is 11.3 Å². The van der Waals surface area contributed by atoms with E-state index in [2.05, 4.69) is 33.9 Å². The number of nitrogens with one attached hydrogen (secondary N) is 1. The van der Waals surface area contributed by atoms with E-state index >= 15 is 0 Å². The minimum atomic E-state index is 0.134. The molecule has 1 amide bonds. The molecule has 4 rings (SSSR count). The third-order valence-electron chi connectivity index (χ3n) is 5.72. The second kappa shape index (κ2) is 8.47. The fraction of sp³-hybridized carbons (Fsp3) is 0.409. The van der Waals surface area contributed by atoms with Crippen LogP contribution in [0.15, 0.2) is 36.7 Å². The molecule has 6 nitrogen and oxygen atoms in total. The van der Waals surface area contributed by atoms with Crippen LogP contribution in [0, 0.1) is 6.92 Å². The van der Waals surface area contributed by atoms with Crippen LogP contribution in [0.1, 0.15) is 28.6 Å². The SMILES string of the molecule is CCC[NH+]1CCN(C(=O)c2sc3ncnc(N(C)c4ccccc4)c3c2C)CC1. The Balaban J connectivity index is 1.64. The van der Waals surface area contributed by atoms with Crippen LogP contribution in [-0.2, 0) is 0 Å². The number of carbonyl (C=O) groups is 1. The van der Waals surface area contributed by atoms with Gasteiger partial charge in [-0.05, 0) is 31.0 Å². The lowest BCUT2D eigenvalue weighted by molar-refractivity contribution is -0.904. The molecule has 1 aliphatic rings. The molecule has 29 heavy (non-hydrogen) atoms. The maximum atomic E-state index is 13.3. The number of para-hydroxylation sites is 1. The third-order valence-corrected chi connectivity index (χ3v) is 6.91. The Bertz CT molecular complexity index is 995. The molecule has 1 fully saturated rings. The van der Waals surface area contributed by atoms with Crippen molar-refractivity contribution < 1.29 is 9.69 Å². The third kappa shape index (κ3) is 3.84. The minimum Gasteiger partial charge on any atom is -0.332 e. The summed E-state index contributed by atoms with van der Waals surface area (Å²) in [7, 11) is 2.01. The summed E-state index contributed by atoms with van der Waals surface area (Å²) in [6.07, 6.45) is 2.78. The maximum Gasteiger partial charge on any atom is 0.264 e. The van der Waals surface area contributed by atoms with Crippen LogP contribution in [0.4, 0.5) is 11.5 Å². The highest BCUT2D eigenvalue weighted by atomic mass is 32.1. The van der Waals surface area contributed by atoms with Gasteiger partial charge < -0.3 is 14.7 Å². The van der Waals surface area contributed by atoms with Crippen molar-refractivity contribution in [1.82, 2.24) is 14.9 Å². The first-order chi connectivity index (χ1) is 14.1. The average Bonchev–Trinajstić information content (AvgIpc) is 3.11. The van der Waals surface area contributed by atoms with Crippen LogP contribution in [0.5, 0.6) is 0 Å². The zero-order valence-electron chi connectivity index (χ0n) is 17.3. The van der Waals surface area contributed by atoms with Crippen molar-refractivity contribution in [3.63, 3.8) is 0 Å². The molecule has 0 radical (unpaired) electrons. The highest BCUT2D eigenvalue weighted by Crippen LogP contribution is 2.37. The van der Waals surface area contributed by atoms with Crippen LogP contribution in [0.2, 0.25) is 0 Å². The van der Waals surface area contributed by atoms with Crippen LogP contribution in [-0.4, -0.2) is 60.5 Å². The van der Waals surface area contributed by atoms with Crippen molar-refractivity contribution in [2.75, 3.05) is 44.7 Å². The Morgan fingerprint density at radius 1 is 1.21 bits per heavy atom. The van der Waals surface area contributed by atoms with Gasteiger partial charge in [0, 0.05) is 12.7 Å². The summed E-state index contributed by atoms with van der Waals surface area (Å²) in [5.74, 6) is 0.973. The number of carbonyl (C=O) groups excluding carboxylic acids is 1. The quantitative estimate of drug-likeness (QED) is 0.702. The number of thiophene rings is 1. The van der Waals surface area contributed by atoms with Gasteiger partial charge in [-0.3, -0.25) is 4.79 Å². The molecule has 1 saturated heterocycles. The number of amides is 1. The summed E-state index contributed by atoms with van der Waals surface area (Å²) in [6.45, 7) is 9.15. The Morgan fingerprint density at radius 2 is 1.93 bits per heavy atom. The van der Waals surface area contributed by atoms with Gasteiger partial charge in [0.1, 0.15) is 17.0 Å². The molecule has 0 saturated carbocycles. The van der Waals surface area contributed by atoms with Crippen molar-refractivity contribution in [3.8, 4) is 0 Å². The Morgan fingerprint density at radius 3 is 2.62 bits per heavy atom. The molecule has 0 spiro atoms. The molecular weight excluding hydrogens is 382 g/mol. The van der Waals surface area contributed by atoms with Gasteiger partial charge in [-0.2, -0.15) is 0 Å². The normalized spacial score (nSPS) is 15.1. The Kier molecular flexibility index (Phi) is 5.78. The fourth-order valence-corrected chi connectivity index (χ4v) is 5.17. The Hall–Kier alpha value is -2.51. The number of aromatic nitrogens is 2. The number of fused-ring (bicyclic) bond motifs is 1. The molecule has 0 bridgehead atoms. The van der Waals surface area contributed by atoms with E-state index in [1.807, 2.05) is 37.1 Å². The number of quaternary nitrogens is 1. The smallest absolute Gasteiger partial charge is 0.264 e. The van der Waals surface area contributed by atoms with E-state index in [0.29, 0.717) is 0 Å². The fourth-order valence-electron chi connectivity index (χ4n) is 4.06. The van der Waals surface area contributed by atoms with Crippen molar-refractivity contribution >= 4 is 39.0 Å². The molecule has 1 aromatic carbocycles. The highest BCUT2D eigenvalue weighted by Gasteiger charge is 2.28. The molecule has 2 aromatic heterocycles. The second-order valence-electron chi connectivity index (χ2n) is 7.62. The average molecular weight is 411 g/mol. The zero-order chi connectivity index (χ0) is 20.4. The second-order valence-corrected chi connectivity index (χ2v) is 8.62. The lowest BCUT2D eigenvalue weighted by atomic mass is 10.1. The Labute approximate surface area is 175 Å². The van der Waals surface area contributed by atoms with Gasteiger partial charge in [0.2, 0.25) is 0 Å². The minimum absolute atomic E-state index is 0.134. The standard InChI is InChI=1S/C22H27N5OS/c1-4-10-26-11-13-27(14-12-26)22(28)19-16(2)18-20(23-15-24-21(18)29-19)25(3)17-8-6-5-7-9-17/h5-9,15H,4,10-14H2,1-3H3/p+1. The van der Waals surface area contributed by atoms with E-state index in [-0.39, 0.29) is 5.91 Å². The predicted octanol–water partition coefficient (Wildman–Crippen LogP) is 2.52. The number of anilines is 2. The van der Waals surface area contributed by atoms with Crippen LogP contribution >= 0.6 is 11.3 Å². The number of aryl methyl sites for hydroxylation is 1. The summed E-state index contributed by atoms with van der Waals surface area (Å²) in [5, 5.41) is 0.974. The summed E-state index contributed by atoms with van der Waals surface area (Å²) < 4.78 is 0. The number of hydrogen-bond acceptors (Lipinski definition) is 5. The number of benzene rings is 1. The molecule has 1 N–H and O–H groups in total. The first-order valence-electron chi connectivity index (χ1n) is 10.3. The van der Waals surface area contributed by atoms with Crippen molar-refractivity contribution in [3.05, 3.63) is 47.1 Å². The van der Waals surface area contributed by atoms with Crippen molar-refractivity contribution in [2.45, 2.75) is 20.3 Å². The maximum absolute atomic E-state index is 13.3. The van der Waals surface area contributed by atoms with E-state index in [1.54, 1.807) is 11.2 Å². The van der Waals surface area contributed by atoms with Crippen molar-refractivity contribution in [2.24, 2.45) is 0 Å². The van der Waals surface area contributed by atoms with Crippen molar-refractivity contribution in [1.29, 1.82) is 0 Å². The number of piperazine rings is 1. The summed E-state index contributed by atoms with van der Waals surface area (Å²) in [6, 6.07) is 10.1. The van der Waals surface area contributed by atoms with Gasteiger partial charge in [0.05, 0.1) is 43.0 Å². The molecule has 0 unspecified atom stereocenters. The molecule has 0 aliphatic carbocycles. The van der Waals surface area contributed by atoms with E-state index < -0.39 is 0 Å². The first kappa shape index (κ1) is 19.8. The molecule has 3 aromatic rings. The van der Waals surface area contributed by atoms with Crippen LogP contribution in [0.3, 0.4) is 0 Å². The predicted molar refractivity (Wildman–Crippen MR) is 118 cm³/mol. The number of hydrogen-bond donors (Lipinski definition) is 1. The van der Waals surface area contributed by atoms with E-state index in [4.69, 9.17) is 0 Å². The van der Waals surface area contributed by atoms with Crippen LogP contribution < -0.4 is 9.80 Å². The lowest BCUT2D eigenvalue weighted by Crippen LogP contribution is -3.14. The lowest BCUT2D eigenvalue weighted by Gasteiger charge is -2.32. The number of rotatable bonds is 5. The summed E-state index contributed by atoms with van der Waals surface area (Å²) >= 11 is 1.49. The van der Waals surface area contributed by atoms with Gasteiger partial charge in [0.25, 0.3) is 5.91 Å². The monoisotopic (exact) mass is 410 g/mol. The molecule has 1 aliphatic heterocycles. The first-order valence-corrected chi connectivity index (χ1v) is 11.1. The number of nitrogens with zero attached hydrogens (tertiary/aromatic N) is 4. The molecule has 0 atom stereocenters. The largest absolute Gasteiger partial charge is 0.332 e. The molecular formula is C22H28N5OS+. The van der Waals surface area contributed by atoms with Gasteiger partial charge in [-0.1, -0.05) is 25.1 Å². The van der Waals surface area contributed by atoms with E-state index in [9.17, 15) is 4.79 Å². The van der Waals surface area contributed by atoms with Crippen LogP contribution in [0.25, 0.3) is 10.2 Å². The summed E-state index contributed by atoms with van der Waals surface area (Å²) in [5.41, 5.74) is 2.04. The molecule has 152 valence electrons. The highest BCUT2D eigenvalue weighted by molar-refractivity contribution is 7.20. The zero-order valence-corrected chi connectivity index (χ0v) is 18.1. The topological polar surface area (TPSA) is 53.8 Å². The molecule has 7 heteroatoms. The van der Waals surface area contributed by atoms with E-state index in [0.717, 1.165) is 58.3 Å². The summed E-state index contributed by atoms with van der Waals surface area (Å²) in [4.78, 5) is 29.6. The van der Waals surface area contributed by atoms with Gasteiger partial charge >= 0.3 is 0 Å². The van der Waals surface area contributed by atoms with Gasteiger partial charge in [0.15, 0.2) is 0 Å². The van der Waals surface area contributed by atoms with Gasteiger partial charge in [-0.25, -0.2) is 9.97 Å².